The maximum atomic E-state index is 12.8. The molecule has 0 spiro atoms. The summed E-state index contributed by atoms with van der Waals surface area (Å²) in [5, 5.41) is 0. The van der Waals surface area contributed by atoms with Crippen LogP contribution in [-0.4, -0.2) is 36.1 Å². The van der Waals surface area contributed by atoms with E-state index in [4.69, 9.17) is 4.74 Å². The molecular formula is C19H21F3N2O2S. The van der Waals surface area contributed by atoms with Gasteiger partial charge in [-0.1, -0.05) is 12.1 Å². The highest BCUT2D eigenvalue weighted by Gasteiger charge is 2.34. The fourth-order valence-electron chi connectivity index (χ4n) is 3.58. The van der Waals surface area contributed by atoms with Gasteiger partial charge in [-0.25, -0.2) is 9.78 Å². The normalized spacial score (nSPS) is 21.2. The van der Waals surface area contributed by atoms with Crippen molar-refractivity contribution in [2.45, 2.75) is 32.0 Å². The first-order valence-electron chi connectivity index (χ1n) is 8.72. The van der Waals surface area contributed by atoms with Crippen molar-refractivity contribution in [3.8, 4) is 0 Å². The van der Waals surface area contributed by atoms with Crippen LogP contribution in [0.25, 0.3) is 0 Å². The predicted octanol–water partition coefficient (Wildman–Crippen LogP) is 4.71. The van der Waals surface area contributed by atoms with E-state index in [2.05, 4.69) is 9.88 Å². The Labute approximate surface area is 160 Å². The number of halogens is 3. The standard InChI is InChI=1S/C19H21F3N2O2S/c1-12-17(27-11-23-12)18(25)26-10-14-4-3-9-24(2)16(14)13-5-7-15(8-6-13)19(20,21)22/h5-8,11,14,16H,3-4,9-10H2,1-2H3/t14-,16-/m1/s1. The first kappa shape index (κ1) is 19.8. The van der Waals surface area contributed by atoms with Crippen LogP contribution >= 0.6 is 11.3 Å². The molecule has 1 saturated heterocycles. The first-order chi connectivity index (χ1) is 12.8. The maximum Gasteiger partial charge on any atom is 0.416 e. The second kappa shape index (κ2) is 7.98. The van der Waals surface area contributed by atoms with Crippen LogP contribution in [0, 0.1) is 12.8 Å². The van der Waals surface area contributed by atoms with Crippen LogP contribution < -0.4 is 0 Å². The van der Waals surface area contributed by atoms with E-state index in [0.717, 1.165) is 37.1 Å². The summed E-state index contributed by atoms with van der Waals surface area (Å²) in [5.41, 5.74) is 2.39. The highest BCUT2D eigenvalue weighted by molar-refractivity contribution is 7.11. The van der Waals surface area contributed by atoms with Crippen molar-refractivity contribution in [1.29, 1.82) is 0 Å². The Morgan fingerprint density at radius 2 is 2.04 bits per heavy atom. The molecule has 0 unspecified atom stereocenters. The molecule has 4 nitrogen and oxygen atoms in total. The zero-order chi connectivity index (χ0) is 19.6. The van der Waals surface area contributed by atoms with Gasteiger partial charge in [0.15, 0.2) is 0 Å². The maximum absolute atomic E-state index is 12.8. The molecule has 1 aromatic heterocycles. The van der Waals surface area contributed by atoms with Crippen molar-refractivity contribution < 1.29 is 22.7 Å². The lowest BCUT2D eigenvalue weighted by molar-refractivity contribution is -0.137. The summed E-state index contributed by atoms with van der Waals surface area (Å²) in [6.07, 6.45) is -2.54. The summed E-state index contributed by atoms with van der Waals surface area (Å²) < 4.78 is 44.0. The SMILES string of the molecule is Cc1ncsc1C(=O)OC[C@H]1CCCN(C)[C@@H]1c1ccc(C(F)(F)F)cc1. The summed E-state index contributed by atoms with van der Waals surface area (Å²) in [5.74, 6) is -0.368. The van der Waals surface area contributed by atoms with Gasteiger partial charge < -0.3 is 4.74 Å². The molecular weight excluding hydrogens is 377 g/mol. The number of aromatic nitrogens is 1. The third-order valence-electron chi connectivity index (χ3n) is 4.95. The van der Waals surface area contributed by atoms with Crippen LogP contribution in [0.1, 0.15) is 45.4 Å². The van der Waals surface area contributed by atoms with Crippen LogP contribution in [0.5, 0.6) is 0 Å². The van der Waals surface area contributed by atoms with Crippen LogP contribution in [-0.2, 0) is 10.9 Å². The molecule has 0 amide bonds. The lowest BCUT2D eigenvalue weighted by atomic mass is 9.85. The van der Waals surface area contributed by atoms with Crippen molar-refractivity contribution >= 4 is 17.3 Å². The molecule has 2 aromatic rings. The van der Waals surface area contributed by atoms with Crippen molar-refractivity contribution in [3.05, 3.63) is 51.5 Å². The minimum atomic E-state index is -4.35. The average molecular weight is 398 g/mol. The minimum absolute atomic E-state index is 0.0256. The summed E-state index contributed by atoms with van der Waals surface area (Å²) in [6, 6.07) is 5.19. The summed E-state index contributed by atoms with van der Waals surface area (Å²) in [6.45, 7) is 2.84. The van der Waals surface area contributed by atoms with Crippen LogP contribution in [0.15, 0.2) is 29.8 Å². The number of aryl methyl sites for hydroxylation is 1. The Morgan fingerprint density at radius 3 is 2.63 bits per heavy atom. The topological polar surface area (TPSA) is 42.4 Å². The average Bonchev–Trinajstić information content (AvgIpc) is 3.05. The first-order valence-corrected chi connectivity index (χ1v) is 9.60. The third-order valence-corrected chi connectivity index (χ3v) is 5.85. The Balaban J connectivity index is 1.73. The molecule has 0 radical (unpaired) electrons. The van der Waals surface area contributed by atoms with E-state index in [0.29, 0.717) is 10.6 Å². The molecule has 0 bridgehead atoms. The number of hydrogen-bond donors (Lipinski definition) is 0. The van der Waals surface area contributed by atoms with E-state index >= 15 is 0 Å². The molecule has 0 aliphatic carbocycles. The number of ether oxygens (including phenoxy) is 1. The third kappa shape index (κ3) is 4.50. The quantitative estimate of drug-likeness (QED) is 0.700. The van der Waals surface area contributed by atoms with Crippen LogP contribution in [0.3, 0.4) is 0 Å². The van der Waals surface area contributed by atoms with Gasteiger partial charge in [0.1, 0.15) is 4.88 Å². The van der Waals surface area contributed by atoms with Crippen molar-refractivity contribution in [1.82, 2.24) is 9.88 Å². The summed E-state index contributed by atoms with van der Waals surface area (Å²) in [4.78, 5) is 18.9. The summed E-state index contributed by atoms with van der Waals surface area (Å²) >= 11 is 1.24. The van der Waals surface area contributed by atoms with E-state index in [1.54, 1.807) is 12.4 Å². The number of benzene rings is 1. The number of piperidine rings is 1. The molecule has 2 heterocycles. The van der Waals surface area contributed by atoms with Gasteiger partial charge in [0.05, 0.1) is 23.4 Å². The fraction of sp³-hybridized carbons (Fsp3) is 0.474. The second-order valence-corrected chi connectivity index (χ2v) is 7.67. The van der Waals surface area contributed by atoms with Gasteiger partial charge >= 0.3 is 12.1 Å². The number of likely N-dealkylation sites (tertiary alicyclic amines) is 1. The van der Waals surface area contributed by atoms with Gasteiger partial charge in [0.25, 0.3) is 0 Å². The van der Waals surface area contributed by atoms with Gasteiger partial charge in [-0.2, -0.15) is 13.2 Å². The Hall–Kier alpha value is -1.93. The Morgan fingerprint density at radius 1 is 1.33 bits per heavy atom. The van der Waals surface area contributed by atoms with Crippen LogP contribution in [0.2, 0.25) is 0 Å². The fourth-order valence-corrected chi connectivity index (χ4v) is 4.27. The number of carbonyl (C=O) groups is 1. The minimum Gasteiger partial charge on any atom is -0.461 e. The Bertz CT molecular complexity index is 789. The van der Waals surface area contributed by atoms with Crippen molar-refractivity contribution in [3.63, 3.8) is 0 Å². The molecule has 1 aliphatic heterocycles. The predicted molar refractivity (Wildman–Crippen MR) is 96.7 cm³/mol. The largest absolute Gasteiger partial charge is 0.461 e. The molecule has 1 aromatic carbocycles. The van der Waals surface area contributed by atoms with Gasteiger partial charge in [-0.3, -0.25) is 4.90 Å². The number of hydrogen-bond acceptors (Lipinski definition) is 5. The monoisotopic (exact) mass is 398 g/mol. The van der Waals surface area contributed by atoms with Gasteiger partial charge in [-0.05, 0) is 51.1 Å². The lowest BCUT2D eigenvalue weighted by Gasteiger charge is -2.39. The van der Waals surface area contributed by atoms with Gasteiger partial charge in [-0.15, -0.1) is 11.3 Å². The highest BCUT2D eigenvalue weighted by atomic mass is 32.1. The molecule has 0 N–H and O–H groups in total. The summed E-state index contributed by atoms with van der Waals surface area (Å²) in [7, 11) is 1.95. The molecule has 2 atom stereocenters. The smallest absolute Gasteiger partial charge is 0.416 e. The molecule has 8 heteroatoms. The molecule has 1 aliphatic rings. The zero-order valence-corrected chi connectivity index (χ0v) is 15.9. The molecule has 0 saturated carbocycles. The molecule has 1 fully saturated rings. The van der Waals surface area contributed by atoms with Crippen molar-refractivity contribution in [2.24, 2.45) is 5.92 Å². The van der Waals surface area contributed by atoms with Gasteiger partial charge in [0, 0.05) is 12.0 Å². The van der Waals surface area contributed by atoms with E-state index in [1.807, 2.05) is 7.05 Å². The van der Waals surface area contributed by atoms with Crippen molar-refractivity contribution in [2.75, 3.05) is 20.2 Å². The number of carbonyl (C=O) groups excluding carboxylic acids is 1. The number of alkyl halides is 3. The van der Waals surface area contributed by atoms with E-state index in [1.165, 1.54) is 23.5 Å². The zero-order valence-electron chi connectivity index (χ0n) is 15.1. The van der Waals surface area contributed by atoms with Gasteiger partial charge in [0.2, 0.25) is 0 Å². The Kier molecular flexibility index (Phi) is 5.86. The molecule has 146 valence electrons. The highest BCUT2D eigenvalue weighted by Crippen LogP contribution is 2.37. The lowest BCUT2D eigenvalue weighted by Crippen LogP contribution is -2.38. The van der Waals surface area contributed by atoms with E-state index in [9.17, 15) is 18.0 Å². The molecule has 3 rings (SSSR count). The van der Waals surface area contributed by atoms with E-state index in [-0.39, 0.29) is 18.6 Å². The number of thiazole rings is 1. The number of esters is 1. The second-order valence-electron chi connectivity index (χ2n) is 6.81. The number of rotatable bonds is 4. The number of nitrogens with zero attached hydrogens (tertiary/aromatic N) is 2. The van der Waals surface area contributed by atoms with Crippen LogP contribution in [0.4, 0.5) is 13.2 Å². The van der Waals surface area contributed by atoms with E-state index < -0.39 is 17.7 Å². The molecule has 27 heavy (non-hydrogen) atoms.